The first kappa shape index (κ1) is 12.7. The Labute approximate surface area is 109 Å². The number of likely N-dealkylation sites (N-methyl/N-ethyl adjacent to an activating group) is 1. The van der Waals surface area contributed by atoms with Crippen LogP contribution < -0.4 is 4.90 Å². The summed E-state index contributed by atoms with van der Waals surface area (Å²) in [6, 6.07) is 20.4. The smallest absolute Gasteiger partial charge is 0.0773 e. The van der Waals surface area contributed by atoms with E-state index >= 15 is 0 Å². The summed E-state index contributed by atoms with van der Waals surface area (Å²) < 4.78 is 0. The third-order valence-electron chi connectivity index (χ3n) is 3.16. The van der Waals surface area contributed by atoms with E-state index in [4.69, 9.17) is 0 Å². The Hall–Kier alpha value is -1.80. The second-order valence-electron chi connectivity index (χ2n) is 4.23. The second kappa shape index (κ2) is 6.22. The lowest BCUT2D eigenvalue weighted by Crippen LogP contribution is -2.30. The van der Waals surface area contributed by atoms with Gasteiger partial charge >= 0.3 is 0 Å². The highest BCUT2D eigenvalue weighted by molar-refractivity contribution is 5.48. The fraction of sp³-hybridized carbons (Fsp3) is 0.250. The van der Waals surface area contributed by atoms with Crippen LogP contribution in [-0.2, 0) is 0 Å². The van der Waals surface area contributed by atoms with Gasteiger partial charge in [0.15, 0.2) is 0 Å². The number of aliphatic hydroxyl groups is 1. The van der Waals surface area contributed by atoms with Crippen molar-refractivity contribution in [2.45, 2.75) is 13.0 Å². The Bertz CT molecular complexity index is 410. The molecule has 0 heterocycles. The average Bonchev–Trinajstić information content (AvgIpc) is 2.46. The van der Waals surface area contributed by atoms with Crippen LogP contribution in [0.5, 0.6) is 0 Å². The van der Waals surface area contributed by atoms with Gasteiger partial charge in [-0.15, -0.1) is 0 Å². The van der Waals surface area contributed by atoms with Crippen molar-refractivity contribution < 1.29 is 5.11 Å². The van der Waals surface area contributed by atoms with Gasteiger partial charge < -0.3 is 10.0 Å². The molecule has 0 saturated heterocycles. The third-order valence-corrected chi connectivity index (χ3v) is 3.16. The number of nitrogens with zero attached hydrogens (tertiary/aromatic N) is 1. The first-order chi connectivity index (χ1) is 8.86. The summed E-state index contributed by atoms with van der Waals surface area (Å²) in [5.74, 6) is 0. The highest BCUT2D eigenvalue weighted by Gasteiger charge is 2.18. The van der Waals surface area contributed by atoms with Crippen LogP contribution in [0.2, 0.25) is 0 Å². The molecule has 1 unspecified atom stereocenters. The quantitative estimate of drug-likeness (QED) is 0.868. The molecule has 2 aromatic carbocycles. The summed E-state index contributed by atoms with van der Waals surface area (Å²) in [6.07, 6.45) is 0. The lowest BCUT2D eigenvalue weighted by atomic mass is 10.1. The SMILES string of the molecule is CCN(c1ccccc1)C(CO)c1ccccc1. The standard InChI is InChI=1S/C16H19NO/c1-2-17(15-11-7-4-8-12-15)16(13-18)14-9-5-3-6-10-14/h3-12,16,18H,2,13H2,1H3. The molecule has 0 aliphatic rings. The molecule has 1 atom stereocenters. The number of aliphatic hydroxyl groups excluding tert-OH is 1. The maximum Gasteiger partial charge on any atom is 0.0773 e. The van der Waals surface area contributed by atoms with Gasteiger partial charge in [0.25, 0.3) is 0 Å². The molecule has 0 radical (unpaired) electrons. The molecule has 2 aromatic rings. The molecular weight excluding hydrogens is 222 g/mol. The van der Waals surface area contributed by atoms with Crippen LogP contribution in [0, 0.1) is 0 Å². The number of hydrogen-bond acceptors (Lipinski definition) is 2. The van der Waals surface area contributed by atoms with Gasteiger partial charge in [-0.05, 0) is 24.6 Å². The molecule has 0 aromatic heterocycles. The molecule has 2 rings (SSSR count). The maximum atomic E-state index is 9.70. The van der Waals surface area contributed by atoms with E-state index in [-0.39, 0.29) is 12.6 Å². The molecule has 0 aliphatic carbocycles. The summed E-state index contributed by atoms with van der Waals surface area (Å²) in [4.78, 5) is 2.22. The van der Waals surface area contributed by atoms with E-state index in [0.29, 0.717) is 0 Å². The van der Waals surface area contributed by atoms with E-state index in [1.54, 1.807) is 0 Å². The fourth-order valence-electron chi connectivity index (χ4n) is 2.26. The van der Waals surface area contributed by atoms with Gasteiger partial charge in [0.2, 0.25) is 0 Å². The molecule has 94 valence electrons. The highest BCUT2D eigenvalue weighted by atomic mass is 16.3. The van der Waals surface area contributed by atoms with Crippen molar-refractivity contribution in [3.8, 4) is 0 Å². The Morgan fingerprint density at radius 1 is 0.944 bits per heavy atom. The number of anilines is 1. The van der Waals surface area contributed by atoms with Crippen molar-refractivity contribution in [2.24, 2.45) is 0 Å². The molecule has 0 saturated carbocycles. The molecule has 2 heteroatoms. The van der Waals surface area contributed by atoms with E-state index in [2.05, 4.69) is 36.1 Å². The van der Waals surface area contributed by atoms with Gasteiger partial charge in [0, 0.05) is 12.2 Å². The second-order valence-corrected chi connectivity index (χ2v) is 4.23. The Kier molecular flexibility index (Phi) is 4.37. The Balaban J connectivity index is 2.31. The zero-order valence-corrected chi connectivity index (χ0v) is 10.7. The summed E-state index contributed by atoms with van der Waals surface area (Å²) >= 11 is 0. The van der Waals surface area contributed by atoms with Crippen molar-refractivity contribution >= 4 is 5.69 Å². The van der Waals surface area contributed by atoms with Crippen LogP contribution >= 0.6 is 0 Å². The monoisotopic (exact) mass is 241 g/mol. The van der Waals surface area contributed by atoms with Crippen LogP contribution in [0.3, 0.4) is 0 Å². The number of benzene rings is 2. The molecule has 0 bridgehead atoms. The number of hydrogen-bond donors (Lipinski definition) is 1. The minimum Gasteiger partial charge on any atom is -0.394 e. The van der Waals surface area contributed by atoms with Crippen LogP contribution in [0.15, 0.2) is 60.7 Å². The van der Waals surface area contributed by atoms with Gasteiger partial charge in [-0.2, -0.15) is 0 Å². The molecule has 0 amide bonds. The fourth-order valence-corrected chi connectivity index (χ4v) is 2.26. The van der Waals surface area contributed by atoms with Crippen molar-refractivity contribution in [3.05, 3.63) is 66.2 Å². The van der Waals surface area contributed by atoms with E-state index in [1.807, 2.05) is 36.4 Å². The molecule has 18 heavy (non-hydrogen) atoms. The van der Waals surface area contributed by atoms with E-state index in [1.165, 1.54) is 0 Å². The molecule has 0 spiro atoms. The Morgan fingerprint density at radius 3 is 2.00 bits per heavy atom. The van der Waals surface area contributed by atoms with Gasteiger partial charge in [0.05, 0.1) is 12.6 Å². The lowest BCUT2D eigenvalue weighted by molar-refractivity contribution is 0.261. The molecule has 2 nitrogen and oxygen atoms in total. The zero-order valence-electron chi connectivity index (χ0n) is 10.7. The summed E-state index contributed by atoms with van der Waals surface area (Å²) in [5, 5.41) is 9.70. The third kappa shape index (κ3) is 2.71. The summed E-state index contributed by atoms with van der Waals surface area (Å²) in [5.41, 5.74) is 2.29. The van der Waals surface area contributed by atoms with Gasteiger partial charge in [-0.25, -0.2) is 0 Å². The molecule has 1 N–H and O–H groups in total. The number of para-hydroxylation sites is 1. The van der Waals surface area contributed by atoms with E-state index in [9.17, 15) is 5.11 Å². The van der Waals surface area contributed by atoms with Crippen LogP contribution in [-0.4, -0.2) is 18.3 Å². The molecule has 0 aliphatic heterocycles. The topological polar surface area (TPSA) is 23.5 Å². The normalized spacial score (nSPS) is 12.1. The van der Waals surface area contributed by atoms with Crippen LogP contribution in [0.25, 0.3) is 0 Å². The highest BCUT2D eigenvalue weighted by Crippen LogP contribution is 2.26. The van der Waals surface area contributed by atoms with Crippen molar-refractivity contribution in [1.82, 2.24) is 0 Å². The minimum atomic E-state index is 0.0126. The predicted octanol–water partition coefficient (Wildman–Crippen LogP) is 3.25. The Morgan fingerprint density at radius 2 is 1.50 bits per heavy atom. The predicted molar refractivity (Wildman–Crippen MR) is 75.7 cm³/mol. The number of rotatable bonds is 5. The average molecular weight is 241 g/mol. The molecule has 0 fully saturated rings. The zero-order chi connectivity index (χ0) is 12.8. The van der Waals surface area contributed by atoms with E-state index < -0.39 is 0 Å². The first-order valence-electron chi connectivity index (χ1n) is 6.34. The summed E-state index contributed by atoms with van der Waals surface area (Å²) in [7, 11) is 0. The summed E-state index contributed by atoms with van der Waals surface area (Å²) in [6.45, 7) is 3.09. The molecular formula is C16H19NO. The van der Waals surface area contributed by atoms with Crippen LogP contribution in [0.4, 0.5) is 5.69 Å². The lowest BCUT2D eigenvalue weighted by Gasteiger charge is -2.32. The van der Waals surface area contributed by atoms with E-state index in [0.717, 1.165) is 17.8 Å². The van der Waals surface area contributed by atoms with Crippen molar-refractivity contribution in [1.29, 1.82) is 0 Å². The van der Waals surface area contributed by atoms with Gasteiger partial charge in [-0.3, -0.25) is 0 Å². The van der Waals surface area contributed by atoms with Crippen LogP contribution in [0.1, 0.15) is 18.5 Å². The van der Waals surface area contributed by atoms with Gasteiger partial charge in [0.1, 0.15) is 0 Å². The van der Waals surface area contributed by atoms with Gasteiger partial charge in [-0.1, -0.05) is 48.5 Å². The van der Waals surface area contributed by atoms with Crippen molar-refractivity contribution in [2.75, 3.05) is 18.1 Å². The maximum absolute atomic E-state index is 9.70. The minimum absolute atomic E-state index is 0.0126. The first-order valence-corrected chi connectivity index (χ1v) is 6.34. The van der Waals surface area contributed by atoms with Crippen molar-refractivity contribution in [3.63, 3.8) is 0 Å². The largest absolute Gasteiger partial charge is 0.394 e.